The fraction of sp³-hybridized carbons (Fsp3) is 1.00. The van der Waals surface area contributed by atoms with Crippen LogP contribution in [0.3, 0.4) is 0 Å². The van der Waals surface area contributed by atoms with E-state index in [9.17, 15) is 0 Å². The first-order valence-corrected chi connectivity index (χ1v) is 4.40. The summed E-state index contributed by atoms with van der Waals surface area (Å²) >= 11 is 0. The Labute approximate surface area is 69.2 Å². The van der Waals surface area contributed by atoms with Gasteiger partial charge in [0.1, 0.15) is 0 Å². The van der Waals surface area contributed by atoms with Crippen LogP contribution in [0.1, 0.15) is 27.2 Å². The Bertz CT molecular complexity index is 134. The van der Waals surface area contributed by atoms with Crippen LogP contribution in [0.5, 0.6) is 0 Å². The van der Waals surface area contributed by atoms with Gasteiger partial charge < -0.3 is 5.11 Å². The van der Waals surface area contributed by atoms with Crippen LogP contribution in [-0.4, -0.2) is 35.7 Å². The highest BCUT2D eigenvalue weighted by atomic mass is 16.3. The summed E-state index contributed by atoms with van der Waals surface area (Å²) in [7, 11) is 0. The predicted octanol–water partition coefficient (Wildman–Crippen LogP) is 1.10. The molecule has 1 heterocycles. The van der Waals surface area contributed by atoms with Crippen molar-refractivity contribution in [3.8, 4) is 0 Å². The minimum Gasteiger partial charge on any atom is -0.396 e. The van der Waals surface area contributed by atoms with Crippen molar-refractivity contribution in [3.63, 3.8) is 0 Å². The molecule has 0 bridgehead atoms. The second kappa shape index (κ2) is 3.11. The van der Waals surface area contributed by atoms with Gasteiger partial charge in [0.25, 0.3) is 0 Å². The average molecular weight is 157 g/mol. The third-order valence-corrected chi connectivity index (χ3v) is 2.52. The number of aliphatic hydroxyl groups excluding tert-OH is 1. The lowest BCUT2D eigenvalue weighted by Gasteiger charge is -2.43. The second-order valence-corrected chi connectivity index (χ2v) is 4.43. The molecule has 0 amide bonds. The third kappa shape index (κ3) is 2.17. The zero-order valence-electron chi connectivity index (χ0n) is 7.80. The van der Waals surface area contributed by atoms with Crippen LogP contribution in [-0.2, 0) is 0 Å². The molecule has 0 aromatic carbocycles. The number of likely N-dealkylation sites (tertiary alicyclic amines) is 1. The maximum Gasteiger partial charge on any atom is 0.0494 e. The van der Waals surface area contributed by atoms with Gasteiger partial charge in [-0.05, 0) is 19.9 Å². The lowest BCUT2D eigenvalue weighted by Crippen LogP contribution is -2.50. The van der Waals surface area contributed by atoms with Crippen molar-refractivity contribution in [1.82, 2.24) is 4.90 Å². The molecule has 66 valence electrons. The van der Waals surface area contributed by atoms with Crippen molar-refractivity contribution in [2.75, 3.05) is 19.7 Å². The van der Waals surface area contributed by atoms with E-state index < -0.39 is 0 Å². The van der Waals surface area contributed by atoms with Crippen LogP contribution < -0.4 is 0 Å². The molecule has 0 aromatic rings. The topological polar surface area (TPSA) is 23.5 Å². The normalized spacial score (nSPS) is 26.7. The summed E-state index contributed by atoms with van der Waals surface area (Å²) in [5, 5.41) is 9.02. The maximum absolute atomic E-state index is 9.02. The third-order valence-electron chi connectivity index (χ3n) is 2.52. The van der Waals surface area contributed by atoms with Gasteiger partial charge in [-0.15, -0.1) is 0 Å². The largest absolute Gasteiger partial charge is 0.396 e. The van der Waals surface area contributed by atoms with Crippen molar-refractivity contribution in [1.29, 1.82) is 0 Å². The van der Waals surface area contributed by atoms with Gasteiger partial charge in [-0.1, -0.05) is 13.8 Å². The van der Waals surface area contributed by atoms with Crippen LogP contribution in [0.15, 0.2) is 0 Å². The molecule has 1 fully saturated rings. The highest BCUT2D eigenvalue weighted by Crippen LogP contribution is 2.23. The van der Waals surface area contributed by atoms with E-state index in [0.717, 1.165) is 12.6 Å². The average Bonchev–Trinajstić information content (AvgIpc) is 1.98. The quantitative estimate of drug-likeness (QED) is 0.663. The fourth-order valence-electron chi connectivity index (χ4n) is 1.40. The van der Waals surface area contributed by atoms with Gasteiger partial charge in [-0.3, -0.25) is 4.90 Å². The van der Waals surface area contributed by atoms with Crippen LogP contribution in [0.2, 0.25) is 0 Å². The van der Waals surface area contributed by atoms with Gasteiger partial charge in [-0.25, -0.2) is 0 Å². The van der Waals surface area contributed by atoms with E-state index in [0.29, 0.717) is 0 Å². The number of hydrogen-bond acceptors (Lipinski definition) is 2. The van der Waals surface area contributed by atoms with E-state index in [4.69, 9.17) is 5.11 Å². The Balaban J connectivity index is 2.29. The minimum atomic E-state index is 0.0781. The van der Waals surface area contributed by atoms with Crippen LogP contribution in [0.25, 0.3) is 0 Å². The van der Waals surface area contributed by atoms with Gasteiger partial charge in [0.2, 0.25) is 0 Å². The molecule has 0 radical (unpaired) electrons. The first-order valence-electron chi connectivity index (χ1n) is 4.40. The van der Waals surface area contributed by atoms with Gasteiger partial charge in [-0.2, -0.15) is 0 Å². The fourth-order valence-corrected chi connectivity index (χ4v) is 1.40. The summed E-state index contributed by atoms with van der Waals surface area (Å²) in [6, 6.07) is 0.737. The molecular weight excluding hydrogens is 138 g/mol. The lowest BCUT2D eigenvalue weighted by atomic mass is 9.91. The first kappa shape index (κ1) is 9.01. The highest BCUT2D eigenvalue weighted by molar-refractivity contribution is 4.83. The summed E-state index contributed by atoms with van der Waals surface area (Å²) in [5.41, 5.74) is 0.0781. The molecule has 0 aliphatic carbocycles. The zero-order valence-corrected chi connectivity index (χ0v) is 7.80. The molecule has 0 spiro atoms. The molecule has 1 N–H and O–H groups in total. The number of aliphatic hydroxyl groups is 1. The monoisotopic (exact) mass is 157 g/mol. The Kier molecular flexibility index (Phi) is 2.55. The molecule has 1 saturated heterocycles. The second-order valence-electron chi connectivity index (χ2n) is 4.43. The molecule has 11 heavy (non-hydrogen) atoms. The van der Waals surface area contributed by atoms with E-state index in [1.807, 2.05) is 0 Å². The standard InChI is InChI=1S/C9H19NO/c1-8-4-5-10(8)6-9(2,3)7-11/h8,11H,4-7H2,1-3H3. The summed E-state index contributed by atoms with van der Waals surface area (Å²) in [5.74, 6) is 0. The van der Waals surface area contributed by atoms with Gasteiger partial charge >= 0.3 is 0 Å². The summed E-state index contributed by atoms with van der Waals surface area (Å²) in [6.07, 6.45) is 1.32. The molecule has 1 unspecified atom stereocenters. The number of rotatable bonds is 3. The maximum atomic E-state index is 9.02. The highest BCUT2D eigenvalue weighted by Gasteiger charge is 2.29. The van der Waals surface area contributed by atoms with Crippen molar-refractivity contribution < 1.29 is 5.11 Å². The van der Waals surface area contributed by atoms with Crippen LogP contribution >= 0.6 is 0 Å². The summed E-state index contributed by atoms with van der Waals surface area (Å²) in [4.78, 5) is 2.43. The van der Waals surface area contributed by atoms with Crippen molar-refractivity contribution >= 4 is 0 Å². The Morgan fingerprint density at radius 1 is 1.55 bits per heavy atom. The van der Waals surface area contributed by atoms with E-state index in [2.05, 4.69) is 25.7 Å². The van der Waals surface area contributed by atoms with Crippen molar-refractivity contribution in [2.45, 2.75) is 33.2 Å². The molecule has 0 saturated carbocycles. The molecule has 1 aliphatic heterocycles. The molecule has 1 rings (SSSR count). The minimum absolute atomic E-state index is 0.0781. The smallest absolute Gasteiger partial charge is 0.0494 e. The first-order chi connectivity index (χ1) is 5.05. The van der Waals surface area contributed by atoms with Crippen molar-refractivity contribution in [3.05, 3.63) is 0 Å². The molecular formula is C9H19NO. The van der Waals surface area contributed by atoms with Gasteiger partial charge in [0.05, 0.1) is 0 Å². The molecule has 1 aliphatic rings. The molecule has 2 heteroatoms. The van der Waals surface area contributed by atoms with Gasteiger partial charge in [0.15, 0.2) is 0 Å². The van der Waals surface area contributed by atoms with E-state index in [1.165, 1.54) is 13.0 Å². The lowest BCUT2D eigenvalue weighted by molar-refractivity contribution is 0.0327. The summed E-state index contributed by atoms with van der Waals surface area (Å²) in [6.45, 7) is 9.00. The van der Waals surface area contributed by atoms with E-state index >= 15 is 0 Å². The molecule has 1 atom stereocenters. The van der Waals surface area contributed by atoms with Crippen LogP contribution in [0.4, 0.5) is 0 Å². The predicted molar refractivity (Wildman–Crippen MR) is 46.5 cm³/mol. The molecule has 0 aromatic heterocycles. The SMILES string of the molecule is CC1CCN1CC(C)(C)CO. The Hall–Kier alpha value is -0.0800. The van der Waals surface area contributed by atoms with Crippen LogP contribution in [0, 0.1) is 5.41 Å². The van der Waals surface area contributed by atoms with E-state index in [-0.39, 0.29) is 12.0 Å². The van der Waals surface area contributed by atoms with Crippen molar-refractivity contribution in [2.24, 2.45) is 5.41 Å². The zero-order chi connectivity index (χ0) is 8.48. The number of nitrogens with zero attached hydrogens (tertiary/aromatic N) is 1. The number of hydrogen-bond donors (Lipinski definition) is 1. The Morgan fingerprint density at radius 3 is 2.45 bits per heavy atom. The Morgan fingerprint density at radius 2 is 2.18 bits per heavy atom. The summed E-state index contributed by atoms with van der Waals surface area (Å²) < 4.78 is 0. The van der Waals surface area contributed by atoms with E-state index in [1.54, 1.807) is 0 Å². The molecule has 2 nitrogen and oxygen atoms in total. The van der Waals surface area contributed by atoms with Gasteiger partial charge in [0, 0.05) is 24.6 Å².